The molecule has 0 aromatic heterocycles. The van der Waals surface area contributed by atoms with Crippen molar-refractivity contribution in [3.8, 4) is 0 Å². The van der Waals surface area contributed by atoms with Gasteiger partial charge in [-0.15, -0.1) is 0 Å². The van der Waals surface area contributed by atoms with Gasteiger partial charge in [0, 0.05) is 18.8 Å². The first-order valence-electron chi connectivity index (χ1n) is 8.26. The molecule has 1 aromatic rings. The zero-order valence-corrected chi connectivity index (χ0v) is 14.7. The number of carbonyl (C=O) groups is 1. The predicted octanol–water partition coefficient (Wildman–Crippen LogP) is 3.53. The zero-order chi connectivity index (χ0) is 17.3. The van der Waals surface area contributed by atoms with Crippen molar-refractivity contribution in [3.63, 3.8) is 0 Å². The monoisotopic (exact) mass is 322 g/mol. The lowest BCUT2D eigenvalue weighted by molar-refractivity contribution is 0.0481. The average Bonchev–Trinajstić information content (AvgIpc) is 2.50. The van der Waals surface area contributed by atoms with Crippen LogP contribution in [0.15, 0.2) is 24.3 Å². The normalized spacial score (nSPS) is 13.7. The Kier molecular flexibility index (Phi) is 8.06. The zero-order valence-electron chi connectivity index (χ0n) is 14.7. The van der Waals surface area contributed by atoms with Crippen LogP contribution in [-0.4, -0.2) is 29.9 Å². The van der Waals surface area contributed by atoms with Crippen LogP contribution >= 0.6 is 0 Å². The van der Waals surface area contributed by atoms with Gasteiger partial charge in [0.2, 0.25) is 0 Å². The Labute approximate surface area is 139 Å². The summed E-state index contributed by atoms with van der Waals surface area (Å²) in [4.78, 5) is 12.0. The van der Waals surface area contributed by atoms with Crippen molar-refractivity contribution in [2.75, 3.05) is 18.5 Å². The second-order valence-corrected chi connectivity index (χ2v) is 6.57. The van der Waals surface area contributed by atoms with Gasteiger partial charge >= 0.3 is 6.03 Å². The second kappa shape index (κ2) is 9.53. The van der Waals surface area contributed by atoms with Crippen LogP contribution < -0.4 is 10.6 Å². The molecule has 3 N–H and O–H groups in total. The molecular formula is C18H30N2O3. The molecule has 0 bridgehead atoms. The highest BCUT2D eigenvalue weighted by molar-refractivity contribution is 5.89. The summed E-state index contributed by atoms with van der Waals surface area (Å²) in [6, 6.07) is 7.22. The topological polar surface area (TPSA) is 70.6 Å². The van der Waals surface area contributed by atoms with Crippen LogP contribution in [0.25, 0.3) is 0 Å². The molecule has 0 spiro atoms. The minimum absolute atomic E-state index is 0.226. The van der Waals surface area contributed by atoms with Crippen LogP contribution in [0.2, 0.25) is 0 Å². The number of aliphatic hydroxyl groups is 1. The largest absolute Gasteiger partial charge is 0.388 e. The van der Waals surface area contributed by atoms with E-state index in [1.807, 2.05) is 31.2 Å². The summed E-state index contributed by atoms with van der Waals surface area (Å²) in [7, 11) is 0. The first kappa shape index (κ1) is 19.5. The standard InChI is InChI=1S/C18H30N2O3/c1-5-23-12-15-7-6-8-16(11-15)20-17(21)19-13-18(4,22)10-9-14(2)3/h6-8,11,14,22H,5,9-10,12-13H2,1-4H3,(H2,19,20,21). The summed E-state index contributed by atoms with van der Waals surface area (Å²) in [6.07, 6.45) is 1.59. The summed E-state index contributed by atoms with van der Waals surface area (Å²) < 4.78 is 5.36. The molecule has 0 aliphatic rings. The highest BCUT2D eigenvalue weighted by atomic mass is 16.5. The van der Waals surface area contributed by atoms with Crippen molar-refractivity contribution >= 4 is 11.7 Å². The molecule has 0 saturated heterocycles. The van der Waals surface area contributed by atoms with Gasteiger partial charge < -0.3 is 20.5 Å². The number of hydrogen-bond acceptors (Lipinski definition) is 3. The van der Waals surface area contributed by atoms with Gasteiger partial charge in [0.15, 0.2) is 0 Å². The van der Waals surface area contributed by atoms with Gasteiger partial charge in [0.05, 0.1) is 12.2 Å². The van der Waals surface area contributed by atoms with Gasteiger partial charge in [-0.3, -0.25) is 0 Å². The molecule has 0 heterocycles. The second-order valence-electron chi connectivity index (χ2n) is 6.57. The third kappa shape index (κ3) is 8.57. The van der Waals surface area contributed by atoms with Crippen molar-refractivity contribution in [1.82, 2.24) is 5.32 Å². The molecular weight excluding hydrogens is 292 g/mol. The smallest absolute Gasteiger partial charge is 0.319 e. The molecule has 130 valence electrons. The van der Waals surface area contributed by atoms with E-state index in [1.165, 1.54) is 0 Å². The first-order chi connectivity index (χ1) is 10.8. The highest BCUT2D eigenvalue weighted by Crippen LogP contribution is 2.16. The first-order valence-corrected chi connectivity index (χ1v) is 8.26. The van der Waals surface area contributed by atoms with Crippen molar-refractivity contribution in [3.05, 3.63) is 29.8 Å². The molecule has 1 unspecified atom stereocenters. The third-order valence-electron chi connectivity index (χ3n) is 3.55. The minimum atomic E-state index is -0.890. The van der Waals surface area contributed by atoms with E-state index in [0.717, 1.165) is 12.0 Å². The number of carbonyl (C=O) groups excluding carboxylic acids is 1. The van der Waals surface area contributed by atoms with Crippen molar-refractivity contribution in [1.29, 1.82) is 0 Å². The fraction of sp³-hybridized carbons (Fsp3) is 0.611. The molecule has 1 aromatic carbocycles. The van der Waals surface area contributed by atoms with E-state index in [-0.39, 0.29) is 12.6 Å². The maximum absolute atomic E-state index is 12.0. The summed E-state index contributed by atoms with van der Waals surface area (Å²) in [5, 5.41) is 15.8. The lowest BCUT2D eigenvalue weighted by Crippen LogP contribution is -2.42. The molecule has 5 heteroatoms. The number of anilines is 1. The van der Waals surface area contributed by atoms with E-state index in [9.17, 15) is 9.90 Å². The predicted molar refractivity (Wildman–Crippen MR) is 93.5 cm³/mol. The number of benzene rings is 1. The number of nitrogens with one attached hydrogen (secondary N) is 2. The van der Waals surface area contributed by atoms with Crippen molar-refractivity contribution in [2.45, 2.75) is 52.7 Å². The molecule has 5 nitrogen and oxygen atoms in total. The molecule has 1 atom stereocenters. The third-order valence-corrected chi connectivity index (χ3v) is 3.55. The molecule has 23 heavy (non-hydrogen) atoms. The number of urea groups is 1. The fourth-order valence-electron chi connectivity index (χ4n) is 2.09. The molecule has 0 aliphatic heterocycles. The summed E-state index contributed by atoms with van der Waals surface area (Å²) in [5.74, 6) is 0.531. The number of amides is 2. The Hall–Kier alpha value is -1.59. The van der Waals surface area contributed by atoms with Gasteiger partial charge in [-0.2, -0.15) is 0 Å². The Morgan fingerprint density at radius 1 is 1.39 bits per heavy atom. The Morgan fingerprint density at radius 2 is 2.13 bits per heavy atom. The number of hydrogen-bond donors (Lipinski definition) is 3. The van der Waals surface area contributed by atoms with E-state index < -0.39 is 5.60 Å². The molecule has 0 aliphatic carbocycles. The van der Waals surface area contributed by atoms with Gasteiger partial charge in [-0.1, -0.05) is 26.0 Å². The SMILES string of the molecule is CCOCc1cccc(NC(=O)NCC(C)(O)CCC(C)C)c1. The van der Waals surface area contributed by atoms with Crippen LogP contribution in [0.3, 0.4) is 0 Å². The van der Waals surface area contributed by atoms with E-state index in [4.69, 9.17) is 4.74 Å². The molecule has 1 rings (SSSR count). The van der Waals surface area contributed by atoms with Gasteiger partial charge in [-0.25, -0.2) is 4.79 Å². The molecule has 0 fully saturated rings. The Balaban J connectivity index is 2.44. The molecule has 0 saturated carbocycles. The Morgan fingerprint density at radius 3 is 2.78 bits per heavy atom. The van der Waals surface area contributed by atoms with Gasteiger partial charge in [0.1, 0.15) is 0 Å². The van der Waals surface area contributed by atoms with Gasteiger partial charge in [0.25, 0.3) is 0 Å². The van der Waals surface area contributed by atoms with E-state index in [1.54, 1.807) is 6.92 Å². The van der Waals surface area contributed by atoms with E-state index in [0.29, 0.717) is 31.2 Å². The highest BCUT2D eigenvalue weighted by Gasteiger charge is 2.21. The minimum Gasteiger partial charge on any atom is -0.388 e. The van der Waals surface area contributed by atoms with Crippen molar-refractivity contribution in [2.24, 2.45) is 5.92 Å². The molecule has 2 amide bonds. The van der Waals surface area contributed by atoms with Crippen molar-refractivity contribution < 1.29 is 14.6 Å². The summed E-state index contributed by atoms with van der Waals surface area (Å²) >= 11 is 0. The van der Waals surface area contributed by atoms with E-state index >= 15 is 0 Å². The van der Waals surface area contributed by atoms with Crippen LogP contribution in [0, 0.1) is 5.92 Å². The lowest BCUT2D eigenvalue weighted by atomic mass is 9.95. The van der Waals surface area contributed by atoms with Crippen LogP contribution in [0.5, 0.6) is 0 Å². The summed E-state index contributed by atoms with van der Waals surface area (Å²) in [6.45, 7) is 9.33. The van der Waals surface area contributed by atoms with Crippen LogP contribution in [-0.2, 0) is 11.3 Å². The average molecular weight is 322 g/mol. The van der Waals surface area contributed by atoms with Gasteiger partial charge in [-0.05, 0) is 50.3 Å². The lowest BCUT2D eigenvalue weighted by Gasteiger charge is -2.24. The fourth-order valence-corrected chi connectivity index (χ4v) is 2.09. The van der Waals surface area contributed by atoms with Crippen LogP contribution in [0.1, 0.15) is 46.1 Å². The number of ether oxygens (including phenoxy) is 1. The molecule has 0 radical (unpaired) electrons. The van der Waals surface area contributed by atoms with E-state index in [2.05, 4.69) is 24.5 Å². The maximum atomic E-state index is 12.0. The maximum Gasteiger partial charge on any atom is 0.319 e. The summed E-state index contributed by atoms with van der Waals surface area (Å²) in [5.41, 5.74) is 0.827. The number of rotatable bonds is 9. The quantitative estimate of drug-likeness (QED) is 0.651. The van der Waals surface area contributed by atoms with Crippen LogP contribution in [0.4, 0.5) is 10.5 Å². The Bertz CT molecular complexity index is 487.